The van der Waals surface area contributed by atoms with Gasteiger partial charge in [-0.1, -0.05) is 35.0 Å². The van der Waals surface area contributed by atoms with E-state index in [1.807, 2.05) is 31.2 Å². The molecular formula is C25H23FN6O3. The molecule has 0 bridgehead atoms. The summed E-state index contributed by atoms with van der Waals surface area (Å²) in [6.45, 7) is 4.77. The predicted molar refractivity (Wildman–Crippen MR) is 125 cm³/mol. The number of hydrogen-bond donors (Lipinski definition) is 0. The van der Waals surface area contributed by atoms with Crippen LogP contribution in [0, 0.1) is 12.7 Å². The Morgan fingerprint density at radius 2 is 1.69 bits per heavy atom. The number of aromatic nitrogens is 4. The van der Waals surface area contributed by atoms with E-state index in [1.54, 1.807) is 4.90 Å². The number of benzene rings is 2. The fraction of sp³-hybridized carbons (Fsp3) is 0.240. The van der Waals surface area contributed by atoms with Gasteiger partial charge in [0.1, 0.15) is 11.5 Å². The van der Waals surface area contributed by atoms with E-state index in [0.29, 0.717) is 50.1 Å². The number of nitrogens with zero attached hydrogens (tertiary/aromatic N) is 6. The molecule has 0 unspecified atom stereocenters. The van der Waals surface area contributed by atoms with Crippen molar-refractivity contribution >= 4 is 5.91 Å². The molecule has 0 atom stereocenters. The standard InChI is InChI=1S/C25H23FN6O3/c1-17-2-4-18(5-3-17)24-27-22(35-29-24)16-30-12-14-31(15-13-30)25(34)21-10-11-23(33)32(28-21)20-8-6-19(26)7-9-20/h2-11H,12-16H2,1H3. The minimum absolute atomic E-state index is 0.155. The average Bonchev–Trinajstić information content (AvgIpc) is 3.34. The molecule has 178 valence electrons. The van der Waals surface area contributed by atoms with Crippen LogP contribution in [0.4, 0.5) is 4.39 Å². The van der Waals surface area contributed by atoms with Gasteiger partial charge >= 0.3 is 0 Å². The Kier molecular flexibility index (Phi) is 6.19. The summed E-state index contributed by atoms with van der Waals surface area (Å²) in [5, 5.41) is 8.29. The van der Waals surface area contributed by atoms with E-state index in [9.17, 15) is 14.0 Å². The highest BCUT2D eigenvalue weighted by Gasteiger charge is 2.25. The molecule has 5 rings (SSSR count). The lowest BCUT2D eigenvalue weighted by Gasteiger charge is -2.33. The lowest BCUT2D eigenvalue weighted by Crippen LogP contribution is -2.48. The first-order valence-corrected chi connectivity index (χ1v) is 11.2. The number of carbonyl (C=O) groups is 1. The fourth-order valence-electron chi connectivity index (χ4n) is 3.89. The Bertz CT molecular complexity index is 1390. The minimum atomic E-state index is -0.418. The third-order valence-corrected chi connectivity index (χ3v) is 5.89. The van der Waals surface area contributed by atoms with Crippen LogP contribution < -0.4 is 5.56 Å². The molecule has 0 N–H and O–H groups in total. The Hall–Kier alpha value is -4.18. The molecule has 0 aliphatic carbocycles. The molecule has 1 amide bonds. The van der Waals surface area contributed by atoms with Crippen molar-refractivity contribution in [2.75, 3.05) is 26.2 Å². The summed E-state index contributed by atoms with van der Waals surface area (Å²) in [7, 11) is 0. The number of carbonyl (C=O) groups excluding carboxylic acids is 1. The topological polar surface area (TPSA) is 97.4 Å². The van der Waals surface area contributed by atoms with Crippen LogP contribution in [0.15, 0.2) is 70.0 Å². The lowest BCUT2D eigenvalue weighted by atomic mass is 10.1. The zero-order chi connectivity index (χ0) is 24.4. The molecule has 3 heterocycles. The largest absolute Gasteiger partial charge is 0.338 e. The number of hydrogen-bond acceptors (Lipinski definition) is 7. The first-order chi connectivity index (χ1) is 17.0. The fourth-order valence-corrected chi connectivity index (χ4v) is 3.89. The summed E-state index contributed by atoms with van der Waals surface area (Å²) >= 11 is 0. The minimum Gasteiger partial charge on any atom is -0.338 e. The van der Waals surface area contributed by atoms with Crippen molar-refractivity contribution in [3.63, 3.8) is 0 Å². The molecule has 1 aliphatic heterocycles. The van der Waals surface area contributed by atoms with E-state index in [0.717, 1.165) is 15.8 Å². The van der Waals surface area contributed by atoms with E-state index in [4.69, 9.17) is 4.52 Å². The Balaban J connectivity index is 1.21. The summed E-state index contributed by atoms with van der Waals surface area (Å²) in [5.74, 6) is 0.392. The second-order valence-electron chi connectivity index (χ2n) is 8.39. The predicted octanol–water partition coefficient (Wildman–Crippen LogP) is 2.69. The molecule has 2 aromatic carbocycles. The number of aryl methyl sites for hydroxylation is 1. The highest BCUT2D eigenvalue weighted by Crippen LogP contribution is 2.17. The molecule has 10 heteroatoms. The van der Waals surface area contributed by atoms with Crippen molar-refractivity contribution in [2.24, 2.45) is 0 Å². The Morgan fingerprint density at radius 3 is 2.40 bits per heavy atom. The van der Waals surface area contributed by atoms with E-state index in [2.05, 4.69) is 20.1 Å². The maximum Gasteiger partial charge on any atom is 0.274 e. The van der Waals surface area contributed by atoms with Gasteiger partial charge in [-0.15, -0.1) is 0 Å². The van der Waals surface area contributed by atoms with Gasteiger partial charge in [0.15, 0.2) is 0 Å². The number of halogens is 1. The van der Waals surface area contributed by atoms with Crippen LogP contribution in [-0.2, 0) is 6.54 Å². The van der Waals surface area contributed by atoms with Gasteiger partial charge in [0.05, 0.1) is 12.2 Å². The van der Waals surface area contributed by atoms with Gasteiger partial charge in [-0.05, 0) is 37.3 Å². The van der Waals surface area contributed by atoms with Crippen LogP contribution in [0.1, 0.15) is 21.9 Å². The Morgan fingerprint density at radius 1 is 0.971 bits per heavy atom. The van der Waals surface area contributed by atoms with Gasteiger partial charge in [-0.25, -0.2) is 4.39 Å². The quantitative estimate of drug-likeness (QED) is 0.439. The van der Waals surface area contributed by atoms with Gasteiger partial charge < -0.3 is 9.42 Å². The maximum atomic E-state index is 13.2. The van der Waals surface area contributed by atoms with Crippen molar-refractivity contribution in [3.8, 4) is 17.1 Å². The van der Waals surface area contributed by atoms with Gasteiger partial charge in [-0.3, -0.25) is 14.5 Å². The van der Waals surface area contributed by atoms with Gasteiger partial charge in [0, 0.05) is 37.8 Å². The van der Waals surface area contributed by atoms with Crippen LogP contribution in [0.25, 0.3) is 17.1 Å². The summed E-state index contributed by atoms with van der Waals surface area (Å²) in [6, 6.07) is 16.0. The molecule has 35 heavy (non-hydrogen) atoms. The summed E-state index contributed by atoms with van der Waals surface area (Å²) in [5.41, 5.74) is 2.20. The molecule has 0 spiro atoms. The van der Waals surface area contributed by atoms with Gasteiger partial charge in [0.25, 0.3) is 11.5 Å². The van der Waals surface area contributed by atoms with Crippen molar-refractivity contribution in [3.05, 3.63) is 94.0 Å². The molecule has 0 saturated carbocycles. The SMILES string of the molecule is Cc1ccc(-c2noc(CN3CCN(C(=O)c4ccc(=O)n(-c5ccc(F)cc5)n4)CC3)n2)cc1. The van der Waals surface area contributed by atoms with Crippen molar-refractivity contribution < 1.29 is 13.7 Å². The second-order valence-corrected chi connectivity index (χ2v) is 8.39. The van der Waals surface area contributed by atoms with Gasteiger partial charge in [0.2, 0.25) is 11.7 Å². The summed E-state index contributed by atoms with van der Waals surface area (Å²) in [6.07, 6.45) is 0. The highest BCUT2D eigenvalue weighted by atomic mass is 19.1. The molecule has 4 aromatic rings. The van der Waals surface area contributed by atoms with Crippen LogP contribution in [-0.4, -0.2) is 61.8 Å². The van der Waals surface area contributed by atoms with E-state index >= 15 is 0 Å². The van der Waals surface area contributed by atoms with E-state index < -0.39 is 11.4 Å². The van der Waals surface area contributed by atoms with Crippen molar-refractivity contribution in [1.82, 2.24) is 29.7 Å². The zero-order valence-corrected chi connectivity index (χ0v) is 19.1. The van der Waals surface area contributed by atoms with Crippen molar-refractivity contribution in [2.45, 2.75) is 13.5 Å². The number of amides is 1. The van der Waals surface area contributed by atoms with Crippen LogP contribution in [0.3, 0.4) is 0 Å². The van der Waals surface area contributed by atoms with Crippen LogP contribution in [0.5, 0.6) is 0 Å². The zero-order valence-electron chi connectivity index (χ0n) is 19.1. The maximum absolute atomic E-state index is 13.2. The van der Waals surface area contributed by atoms with Crippen LogP contribution >= 0.6 is 0 Å². The van der Waals surface area contributed by atoms with Gasteiger partial charge in [-0.2, -0.15) is 14.8 Å². The first-order valence-electron chi connectivity index (χ1n) is 11.2. The first kappa shape index (κ1) is 22.6. The lowest BCUT2D eigenvalue weighted by molar-refractivity contribution is 0.0607. The third kappa shape index (κ3) is 5.02. The van der Waals surface area contributed by atoms with E-state index in [-0.39, 0.29) is 11.6 Å². The summed E-state index contributed by atoms with van der Waals surface area (Å²) in [4.78, 5) is 33.6. The van der Waals surface area contributed by atoms with E-state index in [1.165, 1.54) is 36.4 Å². The molecule has 2 aromatic heterocycles. The molecular weight excluding hydrogens is 451 g/mol. The third-order valence-electron chi connectivity index (χ3n) is 5.89. The molecule has 1 saturated heterocycles. The Labute approximate surface area is 200 Å². The molecule has 0 radical (unpaired) electrons. The molecule has 1 aliphatic rings. The van der Waals surface area contributed by atoms with Crippen LogP contribution in [0.2, 0.25) is 0 Å². The second kappa shape index (κ2) is 9.59. The monoisotopic (exact) mass is 474 g/mol. The highest BCUT2D eigenvalue weighted by molar-refractivity contribution is 5.92. The average molecular weight is 474 g/mol. The normalized spacial score (nSPS) is 14.3. The number of rotatable bonds is 5. The summed E-state index contributed by atoms with van der Waals surface area (Å²) < 4.78 is 19.8. The smallest absolute Gasteiger partial charge is 0.274 e. The molecule has 9 nitrogen and oxygen atoms in total. The van der Waals surface area contributed by atoms with Crippen molar-refractivity contribution in [1.29, 1.82) is 0 Å². The molecule has 1 fully saturated rings. The number of piperazine rings is 1.